The van der Waals surface area contributed by atoms with Crippen LogP contribution < -0.4 is 0 Å². The molecule has 17 heavy (non-hydrogen) atoms. The maximum absolute atomic E-state index is 11.5. The molecule has 0 spiro atoms. The minimum Gasteiger partial charge on any atom is -0.300 e. The Hall–Kier alpha value is -1.27. The Balaban J connectivity index is 2.01. The molecule has 1 aliphatic carbocycles. The first-order chi connectivity index (χ1) is 8.24. The maximum atomic E-state index is 11.5. The van der Waals surface area contributed by atoms with E-state index in [2.05, 4.69) is 6.07 Å². The van der Waals surface area contributed by atoms with Crippen molar-refractivity contribution in [3.8, 4) is 6.07 Å². The summed E-state index contributed by atoms with van der Waals surface area (Å²) in [4.78, 5) is 12.7. The standard InChI is InChI=1S/C14H15NOS/c15-10-14(8-4-5-12(16)9-14)11-17-13-6-2-1-3-7-13/h1-3,6-7H,4-5,8-9,11H2. The topological polar surface area (TPSA) is 40.9 Å². The fourth-order valence-corrected chi connectivity index (χ4v) is 3.27. The van der Waals surface area contributed by atoms with Gasteiger partial charge in [-0.05, 0) is 25.0 Å². The number of thioether (sulfide) groups is 1. The van der Waals surface area contributed by atoms with Gasteiger partial charge in [0, 0.05) is 23.5 Å². The Morgan fingerprint density at radius 2 is 2.12 bits per heavy atom. The molecular weight excluding hydrogens is 230 g/mol. The smallest absolute Gasteiger partial charge is 0.134 e. The van der Waals surface area contributed by atoms with Crippen molar-refractivity contribution < 1.29 is 4.79 Å². The molecule has 0 radical (unpaired) electrons. The summed E-state index contributed by atoms with van der Waals surface area (Å²) in [5.74, 6) is 0.964. The molecule has 1 aliphatic rings. The Labute approximate surface area is 106 Å². The van der Waals surface area contributed by atoms with Gasteiger partial charge in [-0.15, -0.1) is 11.8 Å². The zero-order chi connectivity index (χ0) is 12.1. The van der Waals surface area contributed by atoms with Crippen molar-refractivity contribution in [1.82, 2.24) is 0 Å². The monoisotopic (exact) mass is 245 g/mol. The van der Waals surface area contributed by atoms with Gasteiger partial charge in [-0.3, -0.25) is 4.79 Å². The van der Waals surface area contributed by atoms with E-state index in [-0.39, 0.29) is 5.78 Å². The summed E-state index contributed by atoms with van der Waals surface area (Å²) < 4.78 is 0. The number of Topliss-reactive ketones (excluding diaryl/α,β-unsaturated/α-hetero) is 1. The third-order valence-corrected chi connectivity index (χ3v) is 4.44. The van der Waals surface area contributed by atoms with E-state index in [0.29, 0.717) is 12.8 Å². The number of hydrogen-bond acceptors (Lipinski definition) is 3. The second kappa shape index (κ2) is 5.37. The van der Waals surface area contributed by atoms with Crippen LogP contribution in [0.1, 0.15) is 25.7 Å². The van der Waals surface area contributed by atoms with Crippen molar-refractivity contribution in [2.24, 2.45) is 5.41 Å². The van der Waals surface area contributed by atoms with E-state index in [4.69, 9.17) is 0 Å². The molecule has 88 valence electrons. The first kappa shape index (κ1) is 12.2. The molecule has 0 N–H and O–H groups in total. The van der Waals surface area contributed by atoms with Gasteiger partial charge in [0.15, 0.2) is 0 Å². The number of nitrogens with zero attached hydrogens (tertiary/aromatic N) is 1. The minimum atomic E-state index is -0.435. The second-order valence-corrected chi connectivity index (χ2v) is 5.61. The van der Waals surface area contributed by atoms with Gasteiger partial charge in [0.05, 0.1) is 11.5 Å². The van der Waals surface area contributed by atoms with E-state index in [1.165, 1.54) is 4.90 Å². The van der Waals surface area contributed by atoms with E-state index in [1.807, 2.05) is 30.3 Å². The lowest BCUT2D eigenvalue weighted by Crippen LogP contribution is -2.29. The lowest BCUT2D eigenvalue weighted by atomic mass is 9.76. The highest BCUT2D eigenvalue weighted by Gasteiger charge is 2.35. The van der Waals surface area contributed by atoms with Crippen LogP contribution in [-0.2, 0) is 4.79 Å². The quantitative estimate of drug-likeness (QED) is 0.766. The van der Waals surface area contributed by atoms with E-state index in [1.54, 1.807) is 11.8 Å². The summed E-state index contributed by atoms with van der Waals surface area (Å²) in [6.45, 7) is 0. The zero-order valence-corrected chi connectivity index (χ0v) is 10.5. The molecule has 0 aromatic heterocycles. The van der Waals surface area contributed by atoms with E-state index in [9.17, 15) is 10.1 Å². The van der Waals surface area contributed by atoms with Crippen LogP contribution in [0.25, 0.3) is 0 Å². The lowest BCUT2D eigenvalue weighted by Gasteiger charge is -2.29. The molecule has 0 amide bonds. The third kappa shape index (κ3) is 3.10. The van der Waals surface area contributed by atoms with E-state index >= 15 is 0 Å². The van der Waals surface area contributed by atoms with Crippen LogP contribution >= 0.6 is 11.8 Å². The molecule has 2 nitrogen and oxygen atoms in total. The Bertz CT molecular complexity index is 437. The van der Waals surface area contributed by atoms with Gasteiger partial charge < -0.3 is 0 Å². The first-order valence-electron chi connectivity index (χ1n) is 5.85. The van der Waals surface area contributed by atoms with Crippen LogP contribution in [0.4, 0.5) is 0 Å². The average molecular weight is 245 g/mol. The van der Waals surface area contributed by atoms with Crippen molar-refractivity contribution in [2.75, 3.05) is 5.75 Å². The summed E-state index contributed by atoms with van der Waals surface area (Å²) in [5.41, 5.74) is -0.435. The Morgan fingerprint density at radius 1 is 1.35 bits per heavy atom. The van der Waals surface area contributed by atoms with E-state index < -0.39 is 5.41 Å². The maximum Gasteiger partial charge on any atom is 0.134 e. The zero-order valence-electron chi connectivity index (χ0n) is 9.69. The fourth-order valence-electron chi connectivity index (χ4n) is 2.17. The third-order valence-electron chi connectivity index (χ3n) is 3.14. The van der Waals surface area contributed by atoms with Crippen molar-refractivity contribution in [1.29, 1.82) is 5.26 Å². The molecule has 0 aliphatic heterocycles. The number of carbonyl (C=O) groups excluding carboxylic acids is 1. The lowest BCUT2D eigenvalue weighted by molar-refractivity contribution is -0.122. The highest BCUT2D eigenvalue weighted by atomic mass is 32.2. The van der Waals surface area contributed by atoms with Crippen LogP contribution in [0.3, 0.4) is 0 Å². The largest absolute Gasteiger partial charge is 0.300 e. The molecule has 2 rings (SSSR count). The summed E-state index contributed by atoms with van der Waals surface area (Å²) in [6.07, 6.45) is 2.81. The Kier molecular flexibility index (Phi) is 3.86. The molecule has 0 saturated heterocycles. The van der Waals surface area contributed by atoms with E-state index in [0.717, 1.165) is 18.6 Å². The summed E-state index contributed by atoms with van der Waals surface area (Å²) in [6, 6.07) is 12.4. The molecule has 1 unspecified atom stereocenters. The molecule has 1 aromatic rings. The van der Waals surface area contributed by atoms with Crippen LogP contribution in [0.5, 0.6) is 0 Å². The number of carbonyl (C=O) groups is 1. The van der Waals surface area contributed by atoms with Gasteiger partial charge in [0.1, 0.15) is 5.78 Å². The Morgan fingerprint density at radius 3 is 2.76 bits per heavy atom. The van der Waals surface area contributed by atoms with Gasteiger partial charge in [0.2, 0.25) is 0 Å². The molecule has 0 bridgehead atoms. The van der Waals surface area contributed by atoms with Gasteiger partial charge in [-0.1, -0.05) is 18.2 Å². The van der Waals surface area contributed by atoms with Crippen LogP contribution in [-0.4, -0.2) is 11.5 Å². The van der Waals surface area contributed by atoms with Crippen molar-refractivity contribution in [3.05, 3.63) is 30.3 Å². The molecule has 1 saturated carbocycles. The molecule has 0 heterocycles. The minimum absolute atomic E-state index is 0.242. The first-order valence-corrected chi connectivity index (χ1v) is 6.83. The van der Waals surface area contributed by atoms with Crippen LogP contribution in [0.15, 0.2) is 35.2 Å². The van der Waals surface area contributed by atoms with Crippen LogP contribution in [0.2, 0.25) is 0 Å². The van der Waals surface area contributed by atoms with Gasteiger partial charge in [0.25, 0.3) is 0 Å². The molecule has 1 atom stereocenters. The highest BCUT2D eigenvalue weighted by molar-refractivity contribution is 7.99. The second-order valence-electron chi connectivity index (χ2n) is 4.56. The predicted molar refractivity (Wildman–Crippen MR) is 68.7 cm³/mol. The number of rotatable bonds is 3. The summed E-state index contributed by atoms with van der Waals surface area (Å²) in [5, 5.41) is 9.32. The number of hydrogen-bond donors (Lipinski definition) is 0. The van der Waals surface area contributed by atoms with Gasteiger partial charge in [-0.2, -0.15) is 5.26 Å². The summed E-state index contributed by atoms with van der Waals surface area (Å²) in [7, 11) is 0. The van der Waals surface area contributed by atoms with Crippen molar-refractivity contribution in [2.45, 2.75) is 30.6 Å². The molecule has 1 aromatic carbocycles. The normalized spacial score (nSPS) is 24.3. The fraction of sp³-hybridized carbons (Fsp3) is 0.429. The molecule has 3 heteroatoms. The number of benzene rings is 1. The number of ketones is 1. The van der Waals surface area contributed by atoms with Crippen molar-refractivity contribution >= 4 is 17.5 Å². The predicted octanol–water partition coefficient (Wildman–Crippen LogP) is 3.43. The average Bonchev–Trinajstić information content (AvgIpc) is 2.38. The summed E-state index contributed by atoms with van der Waals surface area (Å²) >= 11 is 1.68. The number of nitriles is 1. The van der Waals surface area contributed by atoms with Crippen molar-refractivity contribution in [3.63, 3.8) is 0 Å². The highest BCUT2D eigenvalue weighted by Crippen LogP contribution is 2.38. The van der Waals surface area contributed by atoms with Gasteiger partial charge >= 0.3 is 0 Å². The van der Waals surface area contributed by atoms with Crippen LogP contribution in [0, 0.1) is 16.7 Å². The van der Waals surface area contributed by atoms with Gasteiger partial charge in [-0.25, -0.2) is 0 Å². The molecule has 1 fully saturated rings. The SMILES string of the molecule is N#CC1(CSc2ccccc2)CCCC(=O)C1. The molecular formula is C14H15NOS.